The lowest BCUT2D eigenvalue weighted by atomic mass is 10.8. The van der Waals surface area contributed by atoms with E-state index in [1.165, 1.54) is 6.92 Å². The Morgan fingerprint density at radius 2 is 1.80 bits per heavy atom. The second kappa shape index (κ2) is 3.56. The number of nitrogens with one attached hydrogen (secondary N) is 1. The van der Waals surface area contributed by atoms with Crippen LogP contribution in [-0.2, 0) is 0 Å². The fourth-order valence-corrected chi connectivity index (χ4v) is 0.317. The number of hydrogen-bond donors (Lipinski definition) is 1. The van der Waals surface area contributed by atoms with Crippen LogP contribution in [-0.4, -0.2) is 21.8 Å². The number of nitro groups is 2. The van der Waals surface area contributed by atoms with E-state index in [4.69, 9.17) is 0 Å². The van der Waals surface area contributed by atoms with Gasteiger partial charge in [-0.05, 0) is 0 Å². The van der Waals surface area contributed by atoms with Crippen LogP contribution < -0.4 is 5.43 Å². The predicted molar refractivity (Wildman–Crippen MR) is 29.5 cm³/mol. The van der Waals surface area contributed by atoms with Crippen LogP contribution in [0.25, 0.3) is 0 Å². The largest absolute Gasteiger partial charge is 0.254 e. The van der Waals surface area contributed by atoms with Crippen molar-refractivity contribution in [3.63, 3.8) is 0 Å². The maximum Gasteiger partial charge on any atom is 0.254 e. The molecule has 0 fully saturated rings. The van der Waals surface area contributed by atoms with Gasteiger partial charge in [-0.25, -0.2) is 20.2 Å². The Morgan fingerprint density at radius 3 is 1.90 bits per heavy atom. The minimum atomic E-state index is -1.15. The highest BCUT2D eigenvalue weighted by Crippen LogP contribution is 1.80. The maximum absolute atomic E-state index is 9.76. The van der Waals surface area contributed by atoms with Gasteiger partial charge in [-0.2, -0.15) is 0 Å². The number of hydrazine groups is 3. The summed E-state index contributed by atoms with van der Waals surface area (Å²) in [5, 5.41) is 16.9. The summed E-state index contributed by atoms with van der Waals surface area (Å²) in [4.78, 5) is 19.5. The third kappa shape index (κ3) is 2.22. The molecule has 0 bridgehead atoms. The van der Waals surface area contributed by atoms with Gasteiger partial charge in [0.05, 0.1) is 0 Å². The third-order valence-corrected chi connectivity index (χ3v) is 0.609. The molecule has 0 aromatic heterocycles. The Balaban J connectivity index is 3.98. The molecule has 58 valence electrons. The fourth-order valence-electron chi connectivity index (χ4n) is 0.317. The summed E-state index contributed by atoms with van der Waals surface area (Å²) in [6.45, 7) is 1.64. The summed E-state index contributed by atoms with van der Waals surface area (Å²) in [6.07, 6.45) is 0. The molecule has 0 radical (unpaired) electrons. The first-order chi connectivity index (χ1) is 4.59. The van der Waals surface area contributed by atoms with E-state index in [0.29, 0.717) is 0 Å². The van der Waals surface area contributed by atoms with Crippen LogP contribution >= 0.6 is 0 Å². The summed E-state index contributed by atoms with van der Waals surface area (Å²) in [6, 6.07) is 0. The van der Waals surface area contributed by atoms with Crippen molar-refractivity contribution in [2.24, 2.45) is 0 Å². The van der Waals surface area contributed by atoms with Gasteiger partial charge in [-0.1, -0.05) is 6.92 Å². The number of nitrogens with zero attached hydrogens (tertiary/aromatic N) is 3. The first kappa shape index (κ1) is 8.56. The van der Waals surface area contributed by atoms with Gasteiger partial charge in [-0.15, -0.1) is 5.43 Å². The quantitative estimate of drug-likeness (QED) is 0.415. The zero-order valence-corrected chi connectivity index (χ0v) is 5.18. The van der Waals surface area contributed by atoms with Gasteiger partial charge in [0.2, 0.25) is 10.1 Å². The fraction of sp³-hybridized carbons (Fsp3) is 1.00. The summed E-state index contributed by atoms with van der Waals surface area (Å²) >= 11 is 0. The van der Waals surface area contributed by atoms with Gasteiger partial charge in [0.15, 0.2) is 0 Å². The first-order valence-electron chi connectivity index (χ1n) is 2.41. The minimum Gasteiger partial charge on any atom is -0.229 e. The molecule has 0 aromatic rings. The summed E-state index contributed by atoms with van der Waals surface area (Å²) in [5.74, 6) is 0. The molecule has 0 rings (SSSR count). The topological polar surface area (TPSA) is 102 Å². The van der Waals surface area contributed by atoms with Crippen LogP contribution in [0.1, 0.15) is 6.92 Å². The second-order valence-electron chi connectivity index (χ2n) is 1.28. The SMILES string of the molecule is CCNN([N+](=O)[O-])[N+](=O)[O-]. The molecule has 0 aliphatic heterocycles. The van der Waals surface area contributed by atoms with Crippen LogP contribution in [0.5, 0.6) is 0 Å². The van der Waals surface area contributed by atoms with Crippen molar-refractivity contribution in [1.29, 1.82) is 0 Å². The molecular weight excluding hydrogens is 144 g/mol. The van der Waals surface area contributed by atoms with Gasteiger partial charge >= 0.3 is 0 Å². The van der Waals surface area contributed by atoms with E-state index in [0.717, 1.165) is 0 Å². The van der Waals surface area contributed by atoms with Crippen molar-refractivity contribution in [2.75, 3.05) is 6.54 Å². The number of hydrogen-bond acceptors (Lipinski definition) is 5. The van der Waals surface area contributed by atoms with E-state index in [9.17, 15) is 20.2 Å². The molecule has 0 aliphatic rings. The van der Waals surface area contributed by atoms with Crippen molar-refractivity contribution in [1.82, 2.24) is 10.7 Å². The van der Waals surface area contributed by atoms with E-state index in [1.807, 2.05) is 5.43 Å². The maximum atomic E-state index is 9.76. The molecule has 1 N–H and O–H groups in total. The molecule has 0 amide bonds. The Bertz CT molecular complexity index is 132. The lowest BCUT2D eigenvalue weighted by Crippen LogP contribution is -2.46. The highest BCUT2D eigenvalue weighted by atomic mass is 16.8. The van der Waals surface area contributed by atoms with Gasteiger partial charge in [-0.3, -0.25) is 0 Å². The summed E-state index contributed by atoms with van der Waals surface area (Å²) in [5.41, 5.74) is 1.92. The lowest BCUT2D eigenvalue weighted by Gasteiger charge is -2.00. The molecule has 8 nitrogen and oxygen atoms in total. The molecular formula is C2H6N4O4. The van der Waals surface area contributed by atoms with E-state index < -0.39 is 10.1 Å². The zero-order valence-electron chi connectivity index (χ0n) is 5.18. The van der Waals surface area contributed by atoms with E-state index >= 15 is 0 Å². The molecule has 0 saturated carbocycles. The normalized spacial score (nSPS) is 8.90. The van der Waals surface area contributed by atoms with Gasteiger partial charge < -0.3 is 0 Å². The molecule has 0 aromatic carbocycles. The first-order valence-corrected chi connectivity index (χ1v) is 2.41. The van der Waals surface area contributed by atoms with Crippen molar-refractivity contribution in [2.45, 2.75) is 6.92 Å². The van der Waals surface area contributed by atoms with Gasteiger partial charge in [0.1, 0.15) is 0 Å². The molecule has 0 unspecified atom stereocenters. The number of rotatable bonds is 4. The average molecular weight is 150 g/mol. The van der Waals surface area contributed by atoms with Gasteiger partial charge in [0, 0.05) is 6.54 Å². The molecule has 0 spiro atoms. The monoisotopic (exact) mass is 150 g/mol. The lowest BCUT2D eigenvalue weighted by molar-refractivity contribution is -0.921. The van der Waals surface area contributed by atoms with Crippen LogP contribution in [0.3, 0.4) is 0 Å². The molecule has 8 heteroatoms. The minimum absolute atomic E-state index is 0.127. The zero-order chi connectivity index (χ0) is 8.15. The Kier molecular flexibility index (Phi) is 3.05. The van der Waals surface area contributed by atoms with E-state index in [1.54, 1.807) is 0 Å². The molecule has 0 aliphatic carbocycles. The average Bonchev–Trinajstić information content (AvgIpc) is 1.81. The van der Waals surface area contributed by atoms with Crippen molar-refractivity contribution >= 4 is 0 Å². The predicted octanol–water partition coefficient (Wildman–Crippen LogP) is -0.804. The smallest absolute Gasteiger partial charge is 0.229 e. The Morgan fingerprint density at radius 1 is 1.40 bits per heavy atom. The standard InChI is InChI=1S/C2H6N4O4/c1-2-3-4(5(7)8)6(9)10/h3H,2H2,1H3. The van der Waals surface area contributed by atoms with Crippen molar-refractivity contribution in [3.8, 4) is 0 Å². The molecule has 0 atom stereocenters. The summed E-state index contributed by atoms with van der Waals surface area (Å²) < 4.78 is 0. The van der Waals surface area contributed by atoms with Gasteiger partial charge in [0.25, 0.3) is 5.23 Å². The van der Waals surface area contributed by atoms with Crippen molar-refractivity contribution < 1.29 is 10.1 Å². The van der Waals surface area contributed by atoms with E-state index in [-0.39, 0.29) is 11.8 Å². The Hall–Kier alpha value is -1.44. The Labute approximate surface area is 55.6 Å². The van der Waals surface area contributed by atoms with Crippen molar-refractivity contribution in [3.05, 3.63) is 20.2 Å². The van der Waals surface area contributed by atoms with Crippen LogP contribution in [0.4, 0.5) is 0 Å². The van der Waals surface area contributed by atoms with Crippen LogP contribution in [0.2, 0.25) is 0 Å². The van der Waals surface area contributed by atoms with Crippen LogP contribution in [0, 0.1) is 20.2 Å². The van der Waals surface area contributed by atoms with Crippen LogP contribution in [0.15, 0.2) is 0 Å². The highest BCUT2D eigenvalue weighted by Gasteiger charge is 2.25. The molecule has 10 heavy (non-hydrogen) atoms. The second-order valence-corrected chi connectivity index (χ2v) is 1.28. The summed E-state index contributed by atoms with van der Waals surface area (Å²) in [7, 11) is 0. The third-order valence-electron chi connectivity index (χ3n) is 0.609. The molecule has 0 heterocycles. The highest BCUT2D eigenvalue weighted by molar-refractivity contribution is 4.17. The van der Waals surface area contributed by atoms with E-state index in [2.05, 4.69) is 0 Å². The molecule has 0 saturated heterocycles.